The Bertz CT molecular complexity index is 669. The Labute approximate surface area is 137 Å². The Balaban J connectivity index is 1.88. The van der Waals surface area contributed by atoms with Crippen molar-refractivity contribution in [2.24, 2.45) is 0 Å². The molecule has 2 aromatic rings. The lowest BCUT2D eigenvalue weighted by Crippen LogP contribution is -2.31. The molecule has 0 radical (unpaired) electrons. The molecule has 0 aliphatic heterocycles. The van der Waals surface area contributed by atoms with Crippen LogP contribution in [0.15, 0.2) is 47.0 Å². The SMILES string of the molecule is CN(CC=Cc1ccccc1)C(=O)Nc1cc(C(C)(C)C)on1. The van der Waals surface area contributed by atoms with Gasteiger partial charge in [0.05, 0.1) is 0 Å². The van der Waals surface area contributed by atoms with E-state index in [2.05, 4.69) is 10.5 Å². The van der Waals surface area contributed by atoms with Gasteiger partial charge >= 0.3 is 6.03 Å². The number of nitrogens with one attached hydrogen (secondary N) is 1. The van der Waals surface area contributed by atoms with E-state index in [1.807, 2.05) is 63.3 Å². The van der Waals surface area contributed by atoms with Gasteiger partial charge in [0.15, 0.2) is 5.82 Å². The maximum atomic E-state index is 12.1. The van der Waals surface area contributed by atoms with E-state index in [1.165, 1.54) is 0 Å². The molecular formula is C18H23N3O2. The van der Waals surface area contributed by atoms with Crippen LogP contribution in [0.3, 0.4) is 0 Å². The van der Waals surface area contributed by atoms with Gasteiger partial charge in [-0.1, -0.05) is 68.4 Å². The van der Waals surface area contributed by atoms with Crippen LogP contribution in [-0.4, -0.2) is 29.7 Å². The van der Waals surface area contributed by atoms with Crippen molar-refractivity contribution < 1.29 is 9.32 Å². The van der Waals surface area contributed by atoms with Gasteiger partial charge in [0.2, 0.25) is 0 Å². The van der Waals surface area contributed by atoms with E-state index in [0.717, 1.165) is 11.3 Å². The summed E-state index contributed by atoms with van der Waals surface area (Å²) in [5, 5.41) is 6.61. The molecule has 0 bridgehead atoms. The van der Waals surface area contributed by atoms with Crippen LogP contribution >= 0.6 is 0 Å². The third kappa shape index (κ3) is 4.98. The molecule has 0 saturated heterocycles. The lowest BCUT2D eigenvalue weighted by molar-refractivity contribution is 0.226. The fourth-order valence-electron chi connectivity index (χ4n) is 1.89. The minimum atomic E-state index is -0.225. The summed E-state index contributed by atoms with van der Waals surface area (Å²) in [5.41, 5.74) is 0.966. The molecule has 0 unspecified atom stereocenters. The number of amides is 2. The van der Waals surface area contributed by atoms with Gasteiger partial charge in [-0.05, 0) is 5.56 Å². The molecule has 0 saturated carbocycles. The fraction of sp³-hybridized carbons (Fsp3) is 0.333. The highest BCUT2D eigenvalue weighted by Crippen LogP contribution is 2.24. The van der Waals surface area contributed by atoms with Crippen LogP contribution in [-0.2, 0) is 5.41 Å². The van der Waals surface area contributed by atoms with Crippen LogP contribution < -0.4 is 5.32 Å². The first-order valence-corrected chi connectivity index (χ1v) is 7.57. The normalized spacial score (nSPS) is 11.7. The van der Waals surface area contributed by atoms with Gasteiger partial charge in [0.25, 0.3) is 0 Å². The molecule has 1 N–H and O–H groups in total. The molecule has 122 valence electrons. The number of urea groups is 1. The molecule has 23 heavy (non-hydrogen) atoms. The fourth-order valence-corrected chi connectivity index (χ4v) is 1.89. The van der Waals surface area contributed by atoms with Crippen LogP contribution in [0.4, 0.5) is 10.6 Å². The molecular weight excluding hydrogens is 290 g/mol. The van der Waals surface area contributed by atoms with Crippen molar-refractivity contribution >= 4 is 17.9 Å². The van der Waals surface area contributed by atoms with Gasteiger partial charge in [-0.2, -0.15) is 0 Å². The number of anilines is 1. The highest BCUT2D eigenvalue weighted by Gasteiger charge is 2.20. The van der Waals surface area contributed by atoms with Gasteiger partial charge in [-0.15, -0.1) is 0 Å². The number of carbonyl (C=O) groups excluding carboxylic acids is 1. The number of aromatic nitrogens is 1. The van der Waals surface area contributed by atoms with Gasteiger partial charge < -0.3 is 9.42 Å². The predicted octanol–water partition coefficient (Wildman–Crippen LogP) is 4.15. The minimum absolute atomic E-state index is 0.139. The maximum absolute atomic E-state index is 12.1. The quantitative estimate of drug-likeness (QED) is 0.922. The zero-order chi connectivity index (χ0) is 16.9. The van der Waals surface area contributed by atoms with Crippen LogP contribution in [0.2, 0.25) is 0 Å². The van der Waals surface area contributed by atoms with Crippen LogP contribution in [0.25, 0.3) is 6.08 Å². The first-order valence-electron chi connectivity index (χ1n) is 7.57. The van der Waals surface area contributed by atoms with E-state index < -0.39 is 0 Å². The molecule has 1 aromatic heterocycles. The van der Waals surface area contributed by atoms with Crippen molar-refractivity contribution in [3.05, 3.63) is 53.8 Å². The maximum Gasteiger partial charge on any atom is 0.323 e. The summed E-state index contributed by atoms with van der Waals surface area (Å²) in [6, 6.07) is 11.5. The van der Waals surface area contributed by atoms with Gasteiger partial charge in [0.1, 0.15) is 5.76 Å². The Morgan fingerprint density at radius 3 is 2.61 bits per heavy atom. The van der Waals surface area contributed by atoms with Gasteiger partial charge in [-0.3, -0.25) is 5.32 Å². The van der Waals surface area contributed by atoms with Crippen LogP contribution in [0.5, 0.6) is 0 Å². The molecule has 2 rings (SSSR count). The highest BCUT2D eigenvalue weighted by molar-refractivity contribution is 5.88. The number of rotatable bonds is 4. The number of hydrogen-bond acceptors (Lipinski definition) is 3. The lowest BCUT2D eigenvalue weighted by Gasteiger charge is -2.14. The number of hydrogen-bond donors (Lipinski definition) is 1. The molecule has 0 aliphatic rings. The second-order valence-corrected chi connectivity index (χ2v) is 6.45. The zero-order valence-electron chi connectivity index (χ0n) is 14.0. The van der Waals surface area contributed by atoms with Gasteiger partial charge in [0, 0.05) is 25.1 Å². The average Bonchev–Trinajstić information content (AvgIpc) is 2.97. The Morgan fingerprint density at radius 2 is 2.00 bits per heavy atom. The summed E-state index contributed by atoms with van der Waals surface area (Å²) in [6.07, 6.45) is 3.93. The highest BCUT2D eigenvalue weighted by atomic mass is 16.5. The Morgan fingerprint density at radius 1 is 1.30 bits per heavy atom. The second kappa shape index (κ2) is 7.13. The van der Waals surface area contributed by atoms with Crippen LogP contribution in [0.1, 0.15) is 32.1 Å². The monoisotopic (exact) mass is 313 g/mol. The smallest absolute Gasteiger partial charge is 0.323 e. The second-order valence-electron chi connectivity index (χ2n) is 6.45. The lowest BCUT2D eigenvalue weighted by atomic mass is 9.93. The summed E-state index contributed by atoms with van der Waals surface area (Å²) < 4.78 is 5.25. The van der Waals surface area contributed by atoms with Crippen molar-refractivity contribution in [1.29, 1.82) is 0 Å². The molecule has 2 amide bonds. The summed E-state index contributed by atoms with van der Waals surface area (Å²) >= 11 is 0. The van der Waals surface area contributed by atoms with E-state index in [1.54, 1.807) is 18.0 Å². The molecule has 1 heterocycles. The standard InChI is InChI=1S/C18H23N3O2/c1-18(2,3)15-13-16(20-23-15)19-17(22)21(4)12-8-11-14-9-6-5-7-10-14/h5-11,13H,12H2,1-4H3,(H,19,20,22). The van der Waals surface area contributed by atoms with Gasteiger partial charge in [-0.25, -0.2) is 4.79 Å². The molecule has 0 atom stereocenters. The van der Waals surface area contributed by atoms with E-state index in [9.17, 15) is 4.79 Å². The number of likely N-dealkylation sites (N-methyl/N-ethyl adjacent to an activating group) is 1. The van der Waals surface area contributed by atoms with E-state index >= 15 is 0 Å². The van der Waals surface area contributed by atoms with Crippen molar-refractivity contribution in [3.63, 3.8) is 0 Å². The molecule has 0 aliphatic carbocycles. The molecule has 0 fully saturated rings. The van der Waals surface area contributed by atoms with Crippen molar-refractivity contribution in [3.8, 4) is 0 Å². The van der Waals surface area contributed by atoms with Crippen molar-refractivity contribution in [2.75, 3.05) is 18.9 Å². The summed E-state index contributed by atoms with van der Waals surface area (Å²) in [6.45, 7) is 6.59. The largest absolute Gasteiger partial charge is 0.359 e. The van der Waals surface area contributed by atoms with Crippen molar-refractivity contribution in [2.45, 2.75) is 26.2 Å². The van der Waals surface area contributed by atoms with E-state index in [-0.39, 0.29) is 11.4 Å². The third-order valence-corrected chi connectivity index (χ3v) is 3.32. The third-order valence-electron chi connectivity index (χ3n) is 3.32. The number of benzene rings is 1. The predicted molar refractivity (Wildman–Crippen MR) is 92.3 cm³/mol. The van der Waals surface area contributed by atoms with E-state index in [4.69, 9.17) is 4.52 Å². The number of carbonyl (C=O) groups is 1. The summed E-state index contributed by atoms with van der Waals surface area (Å²) in [7, 11) is 1.73. The average molecular weight is 313 g/mol. The first kappa shape index (κ1) is 16.8. The minimum Gasteiger partial charge on any atom is -0.359 e. The molecule has 1 aromatic carbocycles. The Hall–Kier alpha value is -2.56. The topological polar surface area (TPSA) is 58.4 Å². The zero-order valence-corrected chi connectivity index (χ0v) is 14.0. The van der Waals surface area contributed by atoms with Crippen molar-refractivity contribution in [1.82, 2.24) is 10.1 Å². The Kier molecular flexibility index (Phi) is 5.21. The summed E-state index contributed by atoms with van der Waals surface area (Å²) in [4.78, 5) is 13.7. The molecule has 5 heteroatoms. The summed E-state index contributed by atoms with van der Waals surface area (Å²) in [5.74, 6) is 1.17. The van der Waals surface area contributed by atoms with Crippen LogP contribution in [0, 0.1) is 0 Å². The number of nitrogens with zero attached hydrogens (tertiary/aromatic N) is 2. The van der Waals surface area contributed by atoms with E-state index in [0.29, 0.717) is 12.4 Å². The molecule has 5 nitrogen and oxygen atoms in total. The first-order chi connectivity index (χ1) is 10.9. The molecule has 0 spiro atoms.